The molecule has 0 aliphatic heterocycles. The number of hydrogen-bond donors (Lipinski definition) is 0. The monoisotopic (exact) mass is 436 g/mol. The molecule has 0 aliphatic carbocycles. The minimum Gasteiger partial charge on any atom is -0.423 e. The number of non-ortho nitro benzene ring substituents is 2. The molecule has 0 unspecified atom stereocenters. The van der Waals surface area contributed by atoms with E-state index in [1.165, 1.54) is 48.5 Å². The van der Waals surface area contributed by atoms with Gasteiger partial charge in [-0.1, -0.05) is 12.1 Å². The molecule has 0 N–H and O–H groups in total. The van der Waals surface area contributed by atoms with E-state index in [4.69, 9.17) is 9.47 Å². The number of esters is 2. The summed E-state index contributed by atoms with van der Waals surface area (Å²) < 4.78 is 10.3. The Bertz CT molecular complexity index is 1250. The highest BCUT2D eigenvalue weighted by Crippen LogP contribution is 2.26. The highest BCUT2D eigenvalue weighted by Gasteiger charge is 2.18. The molecule has 3 aromatic carbocycles. The maximum Gasteiger partial charge on any atom is 0.343 e. The van der Waals surface area contributed by atoms with Gasteiger partial charge in [-0.05, 0) is 24.3 Å². The summed E-state index contributed by atoms with van der Waals surface area (Å²) in [7, 11) is 0. The van der Waals surface area contributed by atoms with Crippen LogP contribution in [0, 0.1) is 20.2 Å². The Balaban J connectivity index is 1.83. The Kier molecular flexibility index (Phi) is 6.30. The number of benzene rings is 3. The zero-order chi connectivity index (χ0) is 23.3. The highest BCUT2D eigenvalue weighted by molar-refractivity contribution is 5.94. The van der Waals surface area contributed by atoms with E-state index in [0.717, 1.165) is 18.2 Å². The van der Waals surface area contributed by atoms with Crippen LogP contribution in [-0.4, -0.2) is 28.1 Å². The van der Waals surface area contributed by atoms with E-state index in [0.29, 0.717) is 6.29 Å². The van der Waals surface area contributed by atoms with E-state index in [9.17, 15) is 34.6 Å². The van der Waals surface area contributed by atoms with Crippen molar-refractivity contribution in [3.05, 3.63) is 104 Å². The SMILES string of the molecule is O=Cc1ccc(OC(=O)c2cccc([N+](=O)[O-])c2)cc1OC(=O)c1cccc([N+](=O)[O-])c1. The number of nitro groups is 2. The fourth-order valence-corrected chi connectivity index (χ4v) is 2.58. The fraction of sp³-hybridized carbons (Fsp3) is 0. The lowest BCUT2D eigenvalue weighted by molar-refractivity contribution is -0.385. The molecule has 0 fully saturated rings. The normalized spacial score (nSPS) is 10.1. The van der Waals surface area contributed by atoms with Crippen LogP contribution >= 0.6 is 0 Å². The van der Waals surface area contributed by atoms with Crippen LogP contribution in [0.25, 0.3) is 0 Å². The molecule has 0 saturated heterocycles. The van der Waals surface area contributed by atoms with Gasteiger partial charge in [0.25, 0.3) is 11.4 Å². The highest BCUT2D eigenvalue weighted by atomic mass is 16.6. The molecule has 0 spiro atoms. The third-order valence-electron chi connectivity index (χ3n) is 4.11. The van der Waals surface area contributed by atoms with E-state index < -0.39 is 21.8 Å². The van der Waals surface area contributed by atoms with Gasteiger partial charge in [0, 0.05) is 30.3 Å². The molecule has 0 aromatic heterocycles. The maximum absolute atomic E-state index is 12.4. The maximum atomic E-state index is 12.4. The molecule has 3 aromatic rings. The number of nitro benzene ring substituents is 2. The number of ether oxygens (including phenoxy) is 2. The second-order valence-electron chi connectivity index (χ2n) is 6.21. The minimum atomic E-state index is -0.973. The first-order valence-electron chi connectivity index (χ1n) is 8.81. The number of hydrogen-bond acceptors (Lipinski definition) is 9. The van der Waals surface area contributed by atoms with Crippen molar-refractivity contribution >= 4 is 29.6 Å². The molecular weight excluding hydrogens is 424 g/mol. The minimum absolute atomic E-state index is 0.0427. The third-order valence-corrected chi connectivity index (χ3v) is 4.11. The molecule has 0 bridgehead atoms. The van der Waals surface area contributed by atoms with Crippen molar-refractivity contribution in [2.75, 3.05) is 0 Å². The molecule has 0 radical (unpaired) electrons. The molecule has 0 atom stereocenters. The number of carbonyl (C=O) groups is 3. The van der Waals surface area contributed by atoms with Crippen LogP contribution in [0.15, 0.2) is 66.7 Å². The van der Waals surface area contributed by atoms with Gasteiger partial charge < -0.3 is 9.47 Å². The van der Waals surface area contributed by atoms with Crippen molar-refractivity contribution in [3.63, 3.8) is 0 Å². The summed E-state index contributed by atoms with van der Waals surface area (Å²) in [5.74, 6) is -2.24. The van der Waals surface area contributed by atoms with Crippen LogP contribution in [-0.2, 0) is 0 Å². The molecule has 32 heavy (non-hydrogen) atoms. The molecule has 0 heterocycles. The van der Waals surface area contributed by atoms with Crippen molar-refractivity contribution in [1.82, 2.24) is 0 Å². The zero-order valence-electron chi connectivity index (χ0n) is 16.0. The van der Waals surface area contributed by atoms with Gasteiger partial charge in [-0.2, -0.15) is 0 Å². The zero-order valence-corrected chi connectivity index (χ0v) is 16.0. The number of rotatable bonds is 7. The molecule has 11 heteroatoms. The van der Waals surface area contributed by atoms with Crippen LogP contribution in [0.2, 0.25) is 0 Å². The van der Waals surface area contributed by atoms with Crippen molar-refractivity contribution in [2.24, 2.45) is 0 Å². The molecule has 0 amide bonds. The Morgan fingerprint density at radius 2 is 1.28 bits per heavy atom. The Labute approximate surface area is 179 Å². The van der Waals surface area contributed by atoms with E-state index in [1.807, 2.05) is 0 Å². The summed E-state index contributed by atoms with van der Waals surface area (Å²) in [5.41, 5.74) is -0.889. The van der Waals surface area contributed by atoms with Crippen LogP contribution in [0.5, 0.6) is 11.5 Å². The quantitative estimate of drug-likeness (QED) is 0.177. The first kappa shape index (κ1) is 21.8. The summed E-state index contributed by atoms with van der Waals surface area (Å²) in [6, 6.07) is 13.3. The molecule has 11 nitrogen and oxygen atoms in total. The third kappa shape index (κ3) is 4.97. The van der Waals surface area contributed by atoms with Gasteiger partial charge in [-0.25, -0.2) is 9.59 Å². The lowest BCUT2D eigenvalue weighted by Gasteiger charge is -2.10. The smallest absolute Gasteiger partial charge is 0.343 e. The van der Waals surface area contributed by atoms with E-state index in [-0.39, 0.29) is 39.6 Å². The van der Waals surface area contributed by atoms with Crippen molar-refractivity contribution in [3.8, 4) is 11.5 Å². The summed E-state index contributed by atoms with van der Waals surface area (Å²) in [6.07, 6.45) is 0.405. The lowest BCUT2D eigenvalue weighted by Crippen LogP contribution is -2.12. The number of nitrogens with zero attached hydrogens (tertiary/aromatic N) is 2. The first-order valence-corrected chi connectivity index (χ1v) is 8.81. The number of carbonyl (C=O) groups excluding carboxylic acids is 3. The van der Waals surface area contributed by atoms with Crippen molar-refractivity contribution in [1.29, 1.82) is 0 Å². The van der Waals surface area contributed by atoms with Crippen LogP contribution < -0.4 is 9.47 Å². The second kappa shape index (κ2) is 9.26. The standard InChI is InChI=1S/C21H12N2O9/c24-12-15-7-8-18(31-20(25)13-3-1-5-16(9-13)22(27)28)11-19(15)32-21(26)14-4-2-6-17(10-14)23(29)30/h1-12H. The van der Waals surface area contributed by atoms with Crippen LogP contribution in [0.1, 0.15) is 31.1 Å². The van der Waals surface area contributed by atoms with Gasteiger partial charge >= 0.3 is 11.9 Å². The van der Waals surface area contributed by atoms with Gasteiger partial charge in [0.15, 0.2) is 6.29 Å². The predicted octanol–water partition coefficient (Wildman–Crippen LogP) is 3.75. The summed E-state index contributed by atoms with van der Waals surface area (Å²) in [6.45, 7) is 0. The molecular formula is C21H12N2O9. The van der Waals surface area contributed by atoms with Gasteiger partial charge in [0.2, 0.25) is 0 Å². The van der Waals surface area contributed by atoms with E-state index in [1.54, 1.807) is 0 Å². The average molecular weight is 436 g/mol. The first-order chi connectivity index (χ1) is 15.3. The number of aldehydes is 1. The largest absolute Gasteiger partial charge is 0.423 e. The lowest BCUT2D eigenvalue weighted by atomic mass is 10.2. The molecule has 160 valence electrons. The second-order valence-corrected chi connectivity index (χ2v) is 6.21. The van der Waals surface area contributed by atoms with Gasteiger partial charge in [0.05, 0.1) is 26.5 Å². The Morgan fingerprint density at radius 3 is 1.78 bits per heavy atom. The van der Waals surface area contributed by atoms with Crippen molar-refractivity contribution < 1.29 is 33.7 Å². The topological polar surface area (TPSA) is 156 Å². The van der Waals surface area contributed by atoms with Gasteiger partial charge in [0.1, 0.15) is 11.5 Å². The molecule has 0 saturated carbocycles. The van der Waals surface area contributed by atoms with Gasteiger partial charge in [-0.15, -0.1) is 0 Å². The van der Waals surface area contributed by atoms with Gasteiger partial charge in [-0.3, -0.25) is 25.0 Å². The van der Waals surface area contributed by atoms with Crippen molar-refractivity contribution in [2.45, 2.75) is 0 Å². The van der Waals surface area contributed by atoms with E-state index >= 15 is 0 Å². The molecule has 3 rings (SSSR count). The summed E-state index contributed by atoms with van der Waals surface area (Å²) in [4.78, 5) is 56.4. The average Bonchev–Trinajstić information content (AvgIpc) is 2.79. The summed E-state index contributed by atoms with van der Waals surface area (Å²) >= 11 is 0. The Morgan fingerprint density at radius 1 is 0.750 bits per heavy atom. The Hall–Kier alpha value is -4.93. The van der Waals surface area contributed by atoms with E-state index in [2.05, 4.69) is 0 Å². The van der Waals surface area contributed by atoms with Crippen LogP contribution in [0.3, 0.4) is 0 Å². The fourth-order valence-electron chi connectivity index (χ4n) is 2.58. The predicted molar refractivity (Wildman–Crippen MR) is 108 cm³/mol. The van der Waals surface area contributed by atoms with Crippen LogP contribution in [0.4, 0.5) is 11.4 Å². The summed E-state index contributed by atoms with van der Waals surface area (Å²) in [5, 5.41) is 21.7. The molecule has 0 aliphatic rings.